The van der Waals surface area contributed by atoms with Gasteiger partial charge in [0.2, 0.25) is 15.9 Å². The highest BCUT2D eigenvalue weighted by Gasteiger charge is 2.36. The molecule has 1 aromatic rings. The summed E-state index contributed by atoms with van der Waals surface area (Å²) in [6.07, 6.45) is 2.29. The van der Waals surface area contributed by atoms with Crippen LogP contribution in [0.2, 0.25) is 0 Å². The van der Waals surface area contributed by atoms with Crippen LogP contribution in [0, 0.1) is 5.82 Å². The molecule has 2 N–H and O–H groups in total. The van der Waals surface area contributed by atoms with Gasteiger partial charge in [-0.2, -0.15) is 4.31 Å². The lowest BCUT2D eigenvalue weighted by Crippen LogP contribution is -2.45. The lowest BCUT2D eigenvalue weighted by molar-refractivity contribution is -0.124. The van der Waals surface area contributed by atoms with E-state index in [-0.39, 0.29) is 18.3 Å². The number of benzene rings is 1. The summed E-state index contributed by atoms with van der Waals surface area (Å²) in [5, 5.41) is 5.96. The predicted molar refractivity (Wildman–Crippen MR) is 97.9 cm³/mol. The number of carbonyl (C=O) groups is 1. The minimum Gasteiger partial charge on any atom is -0.367 e. The molecule has 0 spiro atoms. The third kappa shape index (κ3) is 4.33. The van der Waals surface area contributed by atoms with Crippen LogP contribution in [-0.2, 0) is 21.4 Å². The first kappa shape index (κ1) is 19.1. The highest BCUT2D eigenvalue weighted by molar-refractivity contribution is 7.88. The summed E-state index contributed by atoms with van der Waals surface area (Å²) >= 11 is 0. The standard InChI is InChI=1S/C17H25FN4O3S/c1-26(24,25)22-8-2-3-16(22)17(23)20-12-13-4-5-15(14(18)11-13)21-9-6-19-7-10-21/h4-5,11,16,19H,2-3,6-10,12H2,1H3,(H,20,23). The largest absolute Gasteiger partial charge is 0.367 e. The van der Waals surface area contributed by atoms with Gasteiger partial charge in [-0.25, -0.2) is 12.8 Å². The molecule has 9 heteroatoms. The average molecular weight is 384 g/mol. The quantitative estimate of drug-likeness (QED) is 0.762. The molecule has 2 saturated heterocycles. The maximum absolute atomic E-state index is 14.4. The van der Waals surface area contributed by atoms with E-state index >= 15 is 0 Å². The number of hydrogen-bond acceptors (Lipinski definition) is 5. The van der Waals surface area contributed by atoms with E-state index in [0.717, 1.165) is 32.4 Å². The van der Waals surface area contributed by atoms with Crippen molar-refractivity contribution in [3.05, 3.63) is 29.6 Å². The third-order valence-electron chi connectivity index (χ3n) is 4.87. The van der Waals surface area contributed by atoms with Gasteiger partial charge in [0.15, 0.2) is 0 Å². The van der Waals surface area contributed by atoms with Gasteiger partial charge in [0.25, 0.3) is 0 Å². The number of halogens is 1. The first-order valence-corrected chi connectivity index (χ1v) is 10.7. The Morgan fingerprint density at radius 1 is 1.31 bits per heavy atom. The van der Waals surface area contributed by atoms with Crippen molar-refractivity contribution in [2.24, 2.45) is 0 Å². The summed E-state index contributed by atoms with van der Waals surface area (Å²) in [6.45, 7) is 3.72. The van der Waals surface area contributed by atoms with E-state index in [1.807, 2.05) is 4.90 Å². The molecule has 1 amide bonds. The van der Waals surface area contributed by atoms with Crippen molar-refractivity contribution in [2.45, 2.75) is 25.4 Å². The van der Waals surface area contributed by atoms with Crippen LogP contribution in [0.4, 0.5) is 10.1 Å². The van der Waals surface area contributed by atoms with Crippen molar-refractivity contribution in [3.63, 3.8) is 0 Å². The van der Waals surface area contributed by atoms with E-state index in [0.29, 0.717) is 30.6 Å². The van der Waals surface area contributed by atoms with Crippen molar-refractivity contribution in [1.82, 2.24) is 14.9 Å². The van der Waals surface area contributed by atoms with E-state index in [4.69, 9.17) is 0 Å². The van der Waals surface area contributed by atoms with Crippen molar-refractivity contribution in [2.75, 3.05) is 43.9 Å². The van der Waals surface area contributed by atoms with E-state index in [2.05, 4.69) is 10.6 Å². The van der Waals surface area contributed by atoms with E-state index in [9.17, 15) is 17.6 Å². The van der Waals surface area contributed by atoms with Crippen molar-refractivity contribution < 1.29 is 17.6 Å². The summed E-state index contributed by atoms with van der Waals surface area (Å²) in [5.41, 5.74) is 1.22. The minimum atomic E-state index is -3.40. The molecule has 1 unspecified atom stereocenters. The third-order valence-corrected chi connectivity index (χ3v) is 6.16. The fraction of sp³-hybridized carbons (Fsp3) is 0.588. The molecular weight excluding hydrogens is 359 g/mol. The van der Waals surface area contributed by atoms with Crippen LogP contribution in [0.1, 0.15) is 18.4 Å². The molecule has 2 fully saturated rings. The molecule has 1 aromatic carbocycles. The molecule has 0 saturated carbocycles. The van der Waals surface area contributed by atoms with Gasteiger partial charge in [0.1, 0.15) is 11.9 Å². The Hall–Kier alpha value is -1.71. The van der Waals surface area contributed by atoms with Crippen LogP contribution < -0.4 is 15.5 Å². The van der Waals surface area contributed by atoms with Gasteiger partial charge in [-0.3, -0.25) is 4.79 Å². The number of anilines is 1. The van der Waals surface area contributed by atoms with Gasteiger partial charge >= 0.3 is 0 Å². The zero-order valence-electron chi connectivity index (χ0n) is 14.9. The van der Waals surface area contributed by atoms with Gasteiger partial charge in [0.05, 0.1) is 11.9 Å². The summed E-state index contributed by atoms with van der Waals surface area (Å²) in [4.78, 5) is 14.3. The smallest absolute Gasteiger partial charge is 0.238 e. The molecule has 0 radical (unpaired) electrons. The SMILES string of the molecule is CS(=O)(=O)N1CCCC1C(=O)NCc1ccc(N2CCNCC2)c(F)c1. The van der Waals surface area contributed by atoms with E-state index in [1.54, 1.807) is 12.1 Å². The highest BCUT2D eigenvalue weighted by atomic mass is 32.2. The molecule has 26 heavy (non-hydrogen) atoms. The molecule has 0 aliphatic carbocycles. The summed E-state index contributed by atoms with van der Waals surface area (Å²) < 4.78 is 39.1. The number of rotatable bonds is 5. The molecule has 7 nitrogen and oxygen atoms in total. The van der Waals surface area contributed by atoms with Crippen molar-refractivity contribution in [1.29, 1.82) is 0 Å². The van der Waals surface area contributed by atoms with Gasteiger partial charge in [-0.05, 0) is 30.5 Å². The molecule has 2 aliphatic heterocycles. The Kier molecular flexibility index (Phi) is 5.79. The summed E-state index contributed by atoms with van der Waals surface area (Å²) in [7, 11) is -3.40. The average Bonchev–Trinajstić information content (AvgIpc) is 3.11. The van der Waals surface area contributed by atoms with Crippen molar-refractivity contribution >= 4 is 21.6 Å². The van der Waals surface area contributed by atoms with Crippen LogP contribution in [-0.4, -0.2) is 63.7 Å². The first-order valence-electron chi connectivity index (χ1n) is 8.85. The van der Waals surface area contributed by atoms with Gasteiger partial charge in [-0.15, -0.1) is 0 Å². The maximum Gasteiger partial charge on any atom is 0.238 e. The zero-order chi connectivity index (χ0) is 18.7. The zero-order valence-corrected chi connectivity index (χ0v) is 15.7. The molecule has 0 bridgehead atoms. The molecule has 2 aliphatic rings. The van der Waals surface area contributed by atoms with Crippen LogP contribution in [0.15, 0.2) is 18.2 Å². The molecule has 1 atom stereocenters. The molecule has 144 valence electrons. The number of carbonyl (C=O) groups excluding carboxylic acids is 1. The number of amides is 1. The lowest BCUT2D eigenvalue weighted by atomic mass is 10.1. The predicted octanol–water partition coefficient (Wildman–Crippen LogP) is 0.276. The second-order valence-electron chi connectivity index (χ2n) is 6.77. The number of nitrogens with one attached hydrogen (secondary N) is 2. The monoisotopic (exact) mass is 384 g/mol. The van der Waals surface area contributed by atoms with E-state index in [1.165, 1.54) is 10.4 Å². The highest BCUT2D eigenvalue weighted by Crippen LogP contribution is 2.22. The van der Waals surface area contributed by atoms with Gasteiger partial charge in [-0.1, -0.05) is 6.07 Å². The minimum absolute atomic E-state index is 0.172. The normalized spacial score (nSPS) is 21.8. The fourth-order valence-corrected chi connectivity index (χ4v) is 4.65. The van der Waals surface area contributed by atoms with E-state index < -0.39 is 16.1 Å². The molecule has 2 heterocycles. The molecule has 3 rings (SSSR count). The number of nitrogens with zero attached hydrogens (tertiary/aromatic N) is 2. The van der Waals surface area contributed by atoms with Gasteiger partial charge < -0.3 is 15.5 Å². The Labute approximate surface area is 153 Å². The van der Waals surface area contributed by atoms with Gasteiger partial charge in [0, 0.05) is 39.3 Å². The maximum atomic E-state index is 14.4. The number of hydrogen-bond donors (Lipinski definition) is 2. The molecule has 0 aromatic heterocycles. The summed E-state index contributed by atoms with van der Waals surface area (Å²) in [6, 6.07) is 4.29. The Morgan fingerprint density at radius 2 is 2.04 bits per heavy atom. The Balaban J connectivity index is 1.61. The fourth-order valence-electron chi connectivity index (χ4n) is 3.53. The summed E-state index contributed by atoms with van der Waals surface area (Å²) in [5.74, 6) is -0.642. The second kappa shape index (κ2) is 7.89. The number of piperazine rings is 1. The van der Waals surface area contributed by atoms with Crippen molar-refractivity contribution in [3.8, 4) is 0 Å². The topological polar surface area (TPSA) is 81.8 Å². The van der Waals surface area contributed by atoms with Crippen LogP contribution in [0.25, 0.3) is 0 Å². The Bertz CT molecular complexity index is 765. The molecular formula is C17H25FN4O3S. The van der Waals surface area contributed by atoms with Crippen LogP contribution >= 0.6 is 0 Å². The second-order valence-corrected chi connectivity index (χ2v) is 8.71. The van der Waals surface area contributed by atoms with Crippen LogP contribution in [0.5, 0.6) is 0 Å². The Morgan fingerprint density at radius 3 is 2.69 bits per heavy atom. The first-order chi connectivity index (χ1) is 12.4. The lowest BCUT2D eigenvalue weighted by Gasteiger charge is -2.29. The van der Waals surface area contributed by atoms with Crippen LogP contribution in [0.3, 0.4) is 0 Å². The number of sulfonamides is 1.